The monoisotopic (exact) mass is 313 g/mol. The van der Waals surface area contributed by atoms with E-state index in [2.05, 4.69) is 0 Å². The zero-order valence-electron chi connectivity index (χ0n) is 10.9. The normalized spacial score (nSPS) is 12.2. The van der Waals surface area contributed by atoms with Crippen LogP contribution < -0.4 is 10.5 Å². The first-order chi connectivity index (χ1) is 9.51. The maximum absolute atomic E-state index is 13.8. The third-order valence-electron chi connectivity index (χ3n) is 3.04. The van der Waals surface area contributed by atoms with E-state index in [-0.39, 0.29) is 5.82 Å². The minimum atomic E-state index is -0.527. The zero-order valence-corrected chi connectivity index (χ0v) is 12.4. The SMILES string of the molecule is COc1ccc(Cl)cc1CC(N)c1cc(Cl)ccc1F. The summed E-state index contributed by atoms with van der Waals surface area (Å²) >= 11 is 11.8. The van der Waals surface area contributed by atoms with Crippen LogP contribution in [0.5, 0.6) is 5.75 Å². The second kappa shape index (κ2) is 6.44. The molecule has 0 aliphatic rings. The van der Waals surface area contributed by atoms with E-state index in [1.807, 2.05) is 0 Å². The maximum Gasteiger partial charge on any atom is 0.128 e. The van der Waals surface area contributed by atoms with E-state index < -0.39 is 6.04 Å². The number of rotatable bonds is 4. The van der Waals surface area contributed by atoms with Gasteiger partial charge in [0.1, 0.15) is 11.6 Å². The Labute approximate surface area is 127 Å². The summed E-state index contributed by atoms with van der Waals surface area (Å²) in [6.45, 7) is 0. The molecule has 2 aromatic carbocycles. The van der Waals surface area contributed by atoms with Crippen molar-refractivity contribution < 1.29 is 9.13 Å². The van der Waals surface area contributed by atoms with Crippen LogP contribution in [0.15, 0.2) is 36.4 Å². The molecular formula is C15H14Cl2FNO. The Morgan fingerprint density at radius 2 is 1.80 bits per heavy atom. The average molecular weight is 314 g/mol. The minimum absolute atomic E-state index is 0.372. The molecular weight excluding hydrogens is 300 g/mol. The fourth-order valence-corrected chi connectivity index (χ4v) is 2.43. The summed E-state index contributed by atoms with van der Waals surface area (Å²) in [7, 11) is 1.57. The first-order valence-electron chi connectivity index (χ1n) is 6.04. The van der Waals surface area contributed by atoms with Crippen molar-refractivity contribution in [3.63, 3.8) is 0 Å². The van der Waals surface area contributed by atoms with Gasteiger partial charge in [-0.15, -0.1) is 0 Å². The molecule has 106 valence electrons. The Kier molecular flexibility index (Phi) is 4.86. The molecule has 0 aliphatic heterocycles. The molecule has 2 aromatic rings. The number of hydrogen-bond donors (Lipinski definition) is 1. The van der Waals surface area contributed by atoms with Gasteiger partial charge in [-0.2, -0.15) is 0 Å². The van der Waals surface area contributed by atoms with Crippen molar-refractivity contribution in [3.05, 3.63) is 63.4 Å². The van der Waals surface area contributed by atoms with Gasteiger partial charge in [0.2, 0.25) is 0 Å². The molecule has 0 bridgehead atoms. The molecule has 0 radical (unpaired) electrons. The quantitative estimate of drug-likeness (QED) is 0.909. The molecule has 0 saturated carbocycles. The molecule has 0 amide bonds. The lowest BCUT2D eigenvalue weighted by molar-refractivity contribution is 0.408. The third kappa shape index (κ3) is 3.42. The van der Waals surface area contributed by atoms with E-state index >= 15 is 0 Å². The van der Waals surface area contributed by atoms with E-state index in [1.54, 1.807) is 31.4 Å². The van der Waals surface area contributed by atoms with Crippen LogP contribution in [0.2, 0.25) is 10.0 Å². The molecule has 0 saturated heterocycles. The van der Waals surface area contributed by atoms with Crippen LogP contribution in [0.3, 0.4) is 0 Å². The van der Waals surface area contributed by atoms with Crippen LogP contribution >= 0.6 is 23.2 Å². The van der Waals surface area contributed by atoms with Gasteiger partial charge in [0.05, 0.1) is 7.11 Å². The van der Waals surface area contributed by atoms with Crippen molar-refractivity contribution in [2.24, 2.45) is 5.73 Å². The van der Waals surface area contributed by atoms with Crippen molar-refractivity contribution in [1.29, 1.82) is 0 Å². The topological polar surface area (TPSA) is 35.2 Å². The smallest absolute Gasteiger partial charge is 0.128 e. The summed E-state index contributed by atoms with van der Waals surface area (Å²) in [6.07, 6.45) is 0.404. The molecule has 20 heavy (non-hydrogen) atoms. The predicted molar refractivity (Wildman–Crippen MR) is 80.0 cm³/mol. The molecule has 5 heteroatoms. The molecule has 1 unspecified atom stereocenters. The van der Waals surface area contributed by atoms with Crippen LogP contribution in [0.1, 0.15) is 17.2 Å². The molecule has 2 nitrogen and oxygen atoms in total. The number of ether oxygens (including phenoxy) is 1. The summed E-state index contributed by atoms with van der Waals surface area (Å²) in [5.74, 6) is 0.301. The van der Waals surface area contributed by atoms with E-state index in [4.69, 9.17) is 33.7 Å². The van der Waals surface area contributed by atoms with Crippen molar-refractivity contribution in [3.8, 4) is 5.75 Å². The molecule has 0 spiro atoms. The lowest BCUT2D eigenvalue weighted by Crippen LogP contribution is -2.15. The molecule has 1 atom stereocenters. The fourth-order valence-electron chi connectivity index (χ4n) is 2.05. The standard InChI is InChI=1S/C15H14Cl2FNO/c1-20-15-5-3-10(16)6-9(15)7-14(19)12-8-11(17)2-4-13(12)18/h2-6,8,14H,7,19H2,1H3. The van der Waals surface area contributed by atoms with Gasteiger partial charge in [-0.25, -0.2) is 4.39 Å². The highest BCUT2D eigenvalue weighted by Crippen LogP contribution is 2.28. The summed E-state index contributed by atoms with van der Waals surface area (Å²) in [5, 5.41) is 1.04. The first-order valence-corrected chi connectivity index (χ1v) is 6.80. The maximum atomic E-state index is 13.8. The van der Waals surface area contributed by atoms with Gasteiger partial charge in [-0.1, -0.05) is 23.2 Å². The third-order valence-corrected chi connectivity index (χ3v) is 3.51. The minimum Gasteiger partial charge on any atom is -0.496 e. The lowest BCUT2D eigenvalue weighted by Gasteiger charge is -2.16. The number of hydrogen-bond acceptors (Lipinski definition) is 2. The Hall–Kier alpha value is -1.29. The number of nitrogens with two attached hydrogens (primary N) is 1. The van der Waals surface area contributed by atoms with Gasteiger partial charge in [0, 0.05) is 21.7 Å². The summed E-state index contributed by atoms with van der Waals surface area (Å²) in [4.78, 5) is 0. The van der Waals surface area contributed by atoms with Crippen LogP contribution in [0.4, 0.5) is 4.39 Å². The lowest BCUT2D eigenvalue weighted by atomic mass is 9.98. The van der Waals surface area contributed by atoms with E-state index in [1.165, 1.54) is 12.1 Å². The Morgan fingerprint density at radius 1 is 1.15 bits per heavy atom. The van der Waals surface area contributed by atoms with Crippen molar-refractivity contribution in [2.45, 2.75) is 12.5 Å². The molecule has 2 rings (SSSR count). The van der Waals surface area contributed by atoms with Gasteiger partial charge in [-0.3, -0.25) is 0 Å². The number of benzene rings is 2. The summed E-state index contributed by atoms with van der Waals surface area (Å²) in [6, 6.07) is 9.08. The fraction of sp³-hybridized carbons (Fsp3) is 0.200. The van der Waals surface area contributed by atoms with Gasteiger partial charge in [0.25, 0.3) is 0 Å². The highest BCUT2D eigenvalue weighted by Gasteiger charge is 2.15. The van der Waals surface area contributed by atoms with Gasteiger partial charge in [0.15, 0.2) is 0 Å². The second-order valence-corrected chi connectivity index (χ2v) is 5.31. The predicted octanol–water partition coefficient (Wildman–Crippen LogP) is 4.38. The van der Waals surface area contributed by atoms with Crippen LogP contribution in [-0.4, -0.2) is 7.11 Å². The molecule has 0 fully saturated rings. The summed E-state index contributed by atoms with van der Waals surface area (Å²) < 4.78 is 19.0. The molecule has 0 heterocycles. The largest absolute Gasteiger partial charge is 0.496 e. The van der Waals surface area contributed by atoms with Crippen molar-refractivity contribution in [1.82, 2.24) is 0 Å². The highest BCUT2D eigenvalue weighted by atomic mass is 35.5. The van der Waals surface area contributed by atoms with Crippen molar-refractivity contribution in [2.75, 3.05) is 7.11 Å². The number of methoxy groups -OCH3 is 1. The molecule has 0 aliphatic carbocycles. The van der Waals surface area contributed by atoms with Crippen LogP contribution in [-0.2, 0) is 6.42 Å². The zero-order chi connectivity index (χ0) is 14.7. The molecule has 0 aromatic heterocycles. The first kappa shape index (κ1) is 15.1. The van der Waals surface area contributed by atoms with Gasteiger partial charge in [-0.05, 0) is 48.4 Å². The van der Waals surface area contributed by atoms with Crippen molar-refractivity contribution >= 4 is 23.2 Å². The molecule has 2 N–H and O–H groups in total. The Morgan fingerprint density at radius 3 is 2.50 bits per heavy atom. The van der Waals surface area contributed by atoms with E-state index in [0.29, 0.717) is 27.8 Å². The summed E-state index contributed by atoms with van der Waals surface area (Å²) in [5.41, 5.74) is 7.27. The highest BCUT2D eigenvalue weighted by molar-refractivity contribution is 6.31. The average Bonchev–Trinajstić information content (AvgIpc) is 2.41. The van der Waals surface area contributed by atoms with Crippen LogP contribution in [0, 0.1) is 5.82 Å². The van der Waals surface area contributed by atoms with E-state index in [9.17, 15) is 4.39 Å². The Balaban J connectivity index is 2.29. The van der Waals surface area contributed by atoms with Gasteiger partial charge < -0.3 is 10.5 Å². The second-order valence-electron chi connectivity index (χ2n) is 4.43. The number of halogens is 3. The van der Waals surface area contributed by atoms with Gasteiger partial charge >= 0.3 is 0 Å². The van der Waals surface area contributed by atoms with Crippen LogP contribution in [0.25, 0.3) is 0 Å². The van der Waals surface area contributed by atoms with E-state index in [0.717, 1.165) is 5.56 Å². The Bertz CT molecular complexity index is 619.